The Balaban J connectivity index is 1.74. The van der Waals surface area contributed by atoms with Gasteiger partial charge in [-0.3, -0.25) is 9.97 Å². The molecule has 0 saturated heterocycles. The summed E-state index contributed by atoms with van der Waals surface area (Å²) in [5, 5.41) is 5.10. The van der Waals surface area contributed by atoms with Crippen LogP contribution in [0.1, 0.15) is 50.9 Å². The third-order valence-corrected chi connectivity index (χ3v) is 6.79. The van der Waals surface area contributed by atoms with Crippen LogP contribution in [0.5, 0.6) is 0 Å². The Kier molecular flexibility index (Phi) is 4.51. The summed E-state index contributed by atoms with van der Waals surface area (Å²) < 4.78 is 4.91. The van der Waals surface area contributed by atoms with E-state index in [9.17, 15) is 0 Å². The van der Waals surface area contributed by atoms with Gasteiger partial charge in [-0.1, -0.05) is 64.1 Å². The Labute approximate surface area is 193 Å². The number of hydrogen-bond acceptors (Lipinski definition) is 2. The van der Waals surface area contributed by atoms with Crippen molar-refractivity contribution in [2.45, 2.75) is 46.2 Å². The van der Waals surface area contributed by atoms with Crippen molar-refractivity contribution < 1.29 is 0 Å². The average molecular weight is 433 g/mol. The third-order valence-electron chi connectivity index (χ3n) is 6.79. The molecular weight excluding hydrogens is 404 g/mol. The molecule has 164 valence electrons. The first-order valence-electron chi connectivity index (χ1n) is 11.8. The lowest BCUT2D eigenvalue weighted by Gasteiger charge is -2.16. The molecule has 33 heavy (non-hydrogen) atoms. The number of benzene rings is 2. The lowest BCUT2D eigenvalue weighted by atomic mass is 10.1. The average Bonchev–Trinajstić information content (AvgIpc) is 3.33. The van der Waals surface area contributed by atoms with Gasteiger partial charge in [0.05, 0.1) is 33.5 Å². The second kappa shape index (κ2) is 7.45. The van der Waals surface area contributed by atoms with E-state index < -0.39 is 0 Å². The third kappa shape index (κ3) is 2.90. The highest BCUT2D eigenvalue weighted by atomic mass is 15.2. The molecule has 6 aromatic rings. The predicted octanol–water partition coefficient (Wildman–Crippen LogP) is 7.45. The Morgan fingerprint density at radius 1 is 0.576 bits per heavy atom. The first-order chi connectivity index (χ1) is 16.1. The maximum absolute atomic E-state index is 4.82. The number of rotatable bonds is 4. The van der Waals surface area contributed by atoms with Crippen LogP contribution in [0.3, 0.4) is 0 Å². The van der Waals surface area contributed by atoms with Crippen LogP contribution < -0.4 is 0 Å². The van der Waals surface area contributed by atoms with Crippen LogP contribution in [0.15, 0.2) is 73.1 Å². The van der Waals surface area contributed by atoms with E-state index in [0.29, 0.717) is 18.5 Å². The highest BCUT2D eigenvalue weighted by Gasteiger charge is 2.20. The normalized spacial score (nSPS) is 12.3. The van der Waals surface area contributed by atoms with Crippen LogP contribution in [0.2, 0.25) is 0 Å². The summed E-state index contributed by atoms with van der Waals surface area (Å²) in [5.41, 5.74) is 7.23. The number of nitrogens with zero attached hydrogens (tertiary/aromatic N) is 4. The molecule has 4 heteroatoms. The number of fused-ring (bicyclic) bond motifs is 6. The molecule has 0 aliphatic heterocycles. The molecule has 6 rings (SSSR count). The van der Waals surface area contributed by atoms with E-state index >= 15 is 0 Å². The van der Waals surface area contributed by atoms with Gasteiger partial charge in [-0.2, -0.15) is 0 Å². The fraction of sp³-hybridized carbons (Fsp3) is 0.241. The Morgan fingerprint density at radius 3 is 1.42 bits per heavy atom. The number of hydrogen-bond donors (Lipinski definition) is 0. The SMILES string of the molecule is CC(C)c1nccc2c3ccccc3n(Cn3c4ccccc4c4ccnc(C(C)C)c43)c12. The molecule has 2 aromatic carbocycles. The molecule has 0 aliphatic rings. The highest BCUT2D eigenvalue weighted by molar-refractivity contribution is 6.10. The van der Waals surface area contributed by atoms with Gasteiger partial charge in [-0.15, -0.1) is 0 Å². The number of para-hydroxylation sites is 2. The van der Waals surface area contributed by atoms with Crippen molar-refractivity contribution >= 4 is 43.6 Å². The molecular formula is C29H28N4. The summed E-state index contributed by atoms with van der Waals surface area (Å²) in [6, 6.07) is 21.8. The van der Waals surface area contributed by atoms with E-state index in [0.717, 1.165) is 11.4 Å². The summed E-state index contributed by atoms with van der Waals surface area (Å²) in [5.74, 6) is 0.672. The van der Waals surface area contributed by atoms with Gasteiger partial charge >= 0.3 is 0 Å². The smallest absolute Gasteiger partial charge is 0.100 e. The minimum atomic E-state index is 0.336. The van der Waals surface area contributed by atoms with Crippen LogP contribution in [-0.4, -0.2) is 19.1 Å². The van der Waals surface area contributed by atoms with Crippen molar-refractivity contribution in [2.24, 2.45) is 0 Å². The van der Waals surface area contributed by atoms with Crippen LogP contribution in [-0.2, 0) is 6.67 Å². The zero-order chi connectivity index (χ0) is 22.7. The molecule has 4 nitrogen and oxygen atoms in total. The maximum atomic E-state index is 4.82. The summed E-state index contributed by atoms with van der Waals surface area (Å²) in [6.45, 7) is 9.62. The fourth-order valence-electron chi connectivity index (χ4n) is 5.34. The van der Waals surface area contributed by atoms with Gasteiger partial charge in [0.15, 0.2) is 0 Å². The lowest BCUT2D eigenvalue weighted by Crippen LogP contribution is -2.11. The summed E-state index contributed by atoms with van der Waals surface area (Å²) in [6.07, 6.45) is 3.91. The van der Waals surface area contributed by atoms with Gasteiger partial charge < -0.3 is 9.13 Å². The van der Waals surface area contributed by atoms with Gasteiger partial charge in [0.1, 0.15) is 6.67 Å². The Morgan fingerprint density at radius 2 is 1.00 bits per heavy atom. The fourth-order valence-corrected chi connectivity index (χ4v) is 5.34. The van der Waals surface area contributed by atoms with Crippen molar-refractivity contribution in [3.63, 3.8) is 0 Å². The molecule has 4 heterocycles. The number of pyridine rings is 2. The zero-order valence-corrected chi connectivity index (χ0v) is 19.6. The van der Waals surface area contributed by atoms with Gasteiger partial charge in [-0.05, 0) is 36.1 Å². The van der Waals surface area contributed by atoms with Crippen LogP contribution in [0, 0.1) is 0 Å². The van der Waals surface area contributed by atoms with Gasteiger partial charge in [0.2, 0.25) is 0 Å². The van der Waals surface area contributed by atoms with Crippen LogP contribution >= 0.6 is 0 Å². The molecule has 0 spiro atoms. The zero-order valence-electron chi connectivity index (χ0n) is 19.6. The lowest BCUT2D eigenvalue weighted by molar-refractivity contribution is 0.669. The second-order valence-electron chi connectivity index (χ2n) is 9.53. The maximum Gasteiger partial charge on any atom is 0.100 e. The molecule has 0 unspecified atom stereocenters. The van der Waals surface area contributed by atoms with E-state index in [4.69, 9.17) is 9.97 Å². The van der Waals surface area contributed by atoms with E-state index in [-0.39, 0.29) is 0 Å². The van der Waals surface area contributed by atoms with E-state index in [1.165, 1.54) is 43.6 Å². The molecule has 4 aromatic heterocycles. The van der Waals surface area contributed by atoms with Gasteiger partial charge in [-0.25, -0.2) is 0 Å². The van der Waals surface area contributed by atoms with E-state index in [1.54, 1.807) is 0 Å². The summed E-state index contributed by atoms with van der Waals surface area (Å²) in [7, 11) is 0. The molecule has 0 radical (unpaired) electrons. The summed E-state index contributed by atoms with van der Waals surface area (Å²) >= 11 is 0. The molecule has 0 aliphatic carbocycles. The Hall–Kier alpha value is -3.66. The Bertz CT molecular complexity index is 1530. The monoisotopic (exact) mass is 432 g/mol. The molecule has 0 saturated carbocycles. The van der Waals surface area contributed by atoms with Crippen LogP contribution in [0.4, 0.5) is 0 Å². The molecule has 0 N–H and O–H groups in total. The van der Waals surface area contributed by atoms with Crippen molar-refractivity contribution in [3.8, 4) is 0 Å². The first-order valence-corrected chi connectivity index (χ1v) is 11.8. The second-order valence-corrected chi connectivity index (χ2v) is 9.53. The minimum Gasteiger partial charge on any atom is -0.320 e. The molecule has 0 amide bonds. The molecule has 0 bridgehead atoms. The quantitative estimate of drug-likeness (QED) is 0.290. The van der Waals surface area contributed by atoms with Gasteiger partial charge in [0.25, 0.3) is 0 Å². The molecule has 0 atom stereocenters. The first kappa shape index (κ1) is 20.0. The predicted molar refractivity (Wildman–Crippen MR) is 138 cm³/mol. The topological polar surface area (TPSA) is 35.6 Å². The standard InChI is InChI=1S/C29H28N4/c1-18(2)26-28-22(13-15-30-26)20-9-5-7-11-24(20)32(28)17-33-25-12-8-6-10-21(25)23-14-16-31-27(19(3)4)29(23)33/h5-16,18-19H,17H2,1-4H3. The van der Waals surface area contributed by atoms with E-state index in [2.05, 4.69) is 97.5 Å². The largest absolute Gasteiger partial charge is 0.320 e. The van der Waals surface area contributed by atoms with Gasteiger partial charge in [0, 0.05) is 33.9 Å². The molecule has 0 fully saturated rings. The number of aromatic nitrogens is 4. The van der Waals surface area contributed by atoms with Crippen molar-refractivity contribution in [1.82, 2.24) is 19.1 Å². The van der Waals surface area contributed by atoms with Crippen molar-refractivity contribution in [2.75, 3.05) is 0 Å². The van der Waals surface area contributed by atoms with Crippen molar-refractivity contribution in [3.05, 3.63) is 84.4 Å². The van der Waals surface area contributed by atoms with E-state index in [1.807, 2.05) is 12.4 Å². The highest BCUT2D eigenvalue weighted by Crippen LogP contribution is 2.36. The van der Waals surface area contributed by atoms with Crippen molar-refractivity contribution in [1.29, 1.82) is 0 Å². The minimum absolute atomic E-state index is 0.336. The van der Waals surface area contributed by atoms with Crippen LogP contribution in [0.25, 0.3) is 43.6 Å². The summed E-state index contributed by atoms with van der Waals surface area (Å²) in [4.78, 5) is 9.64.